The van der Waals surface area contributed by atoms with E-state index in [1.165, 1.54) is 23.8 Å². The van der Waals surface area contributed by atoms with Crippen LogP contribution in [0, 0.1) is 0 Å². The van der Waals surface area contributed by atoms with Crippen molar-refractivity contribution in [2.24, 2.45) is 0 Å². The van der Waals surface area contributed by atoms with Crippen molar-refractivity contribution in [1.82, 2.24) is 0 Å². The largest absolute Gasteiger partial charge is 0.290 e. The van der Waals surface area contributed by atoms with Crippen LogP contribution in [-0.4, -0.2) is 11.6 Å². The van der Waals surface area contributed by atoms with Gasteiger partial charge in [0.05, 0.1) is 0 Å². The van der Waals surface area contributed by atoms with E-state index in [-0.39, 0.29) is 11.6 Å². The van der Waals surface area contributed by atoms with Crippen molar-refractivity contribution < 1.29 is 9.59 Å². The Morgan fingerprint density at radius 2 is 1.75 bits per heavy atom. The van der Waals surface area contributed by atoms with Crippen molar-refractivity contribution in [2.75, 3.05) is 0 Å². The lowest BCUT2D eigenvalue weighted by Gasteiger charge is -2.06. The maximum atomic E-state index is 11.5. The molecule has 0 spiro atoms. The molecule has 3 heteroatoms. The number of carbonyl (C=O) groups excluding carboxylic acids is 2. The molecule has 0 fully saturated rings. The molecule has 0 bridgehead atoms. The standard InChI is InChI=1S/C13H11O2P/c14-11-6-7-12(15)13(8-11)16-9-10-4-2-1-3-5-10/h1-8,16H,9H2. The first-order valence-corrected chi connectivity index (χ1v) is 6.22. The van der Waals surface area contributed by atoms with E-state index < -0.39 is 0 Å². The van der Waals surface area contributed by atoms with Gasteiger partial charge in [-0.1, -0.05) is 38.9 Å². The fourth-order valence-electron chi connectivity index (χ4n) is 1.44. The Morgan fingerprint density at radius 3 is 2.50 bits per heavy atom. The van der Waals surface area contributed by atoms with Crippen LogP contribution in [0.4, 0.5) is 0 Å². The van der Waals surface area contributed by atoms with E-state index in [4.69, 9.17) is 0 Å². The summed E-state index contributed by atoms with van der Waals surface area (Å²) in [6.07, 6.45) is 4.94. The molecule has 0 amide bonds. The number of hydrogen-bond acceptors (Lipinski definition) is 2. The molecule has 80 valence electrons. The van der Waals surface area contributed by atoms with Crippen molar-refractivity contribution in [3.63, 3.8) is 0 Å². The number of carbonyl (C=O) groups is 2. The third-order valence-electron chi connectivity index (χ3n) is 2.28. The SMILES string of the molecule is O=C1C=CC(=O)C(PCc2ccccc2)=C1. The molecule has 1 atom stereocenters. The predicted octanol–water partition coefficient (Wildman–Crippen LogP) is 2.46. The maximum absolute atomic E-state index is 11.5. The van der Waals surface area contributed by atoms with Crippen molar-refractivity contribution in [2.45, 2.75) is 6.16 Å². The number of allylic oxidation sites excluding steroid dienone is 4. The van der Waals surface area contributed by atoms with E-state index in [0.717, 1.165) is 6.16 Å². The molecule has 0 aromatic heterocycles. The summed E-state index contributed by atoms with van der Waals surface area (Å²) in [7, 11) is 0.365. The van der Waals surface area contributed by atoms with Gasteiger partial charge < -0.3 is 0 Å². The molecular formula is C13H11O2P. The van der Waals surface area contributed by atoms with Crippen LogP contribution < -0.4 is 0 Å². The molecule has 1 aliphatic rings. The quantitative estimate of drug-likeness (QED) is 0.590. The van der Waals surface area contributed by atoms with Gasteiger partial charge in [0.25, 0.3) is 0 Å². The minimum atomic E-state index is -0.0878. The van der Waals surface area contributed by atoms with Gasteiger partial charge in [0.2, 0.25) is 0 Å². The Labute approximate surface area is 95.8 Å². The van der Waals surface area contributed by atoms with Crippen LogP contribution in [0.15, 0.2) is 53.9 Å². The predicted molar refractivity (Wildman–Crippen MR) is 65.7 cm³/mol. The van der Waals surface area contributed by atoms with Crippen molar-refractivity contribution >= 4 is 20.1 Å². The summed E-state index contributed by atoms with van der Waals surface area (Å²) >= 11 is 0. The molecule has 0 aliphatic heterocycles. The average Bonchev–Trinajstić information content (AvgIpc) is 2.32. The fourth-order valence-corrected chi connectivity index (χ4v) is 2.57. The van der Waals surface area contributed by atoms with E-state index in [1.54, 1.807) is 0 Å². The highest BCUT2D eigenvalue weighted by Crippen LogP contribution is 2.30. The van der Waals surface area contributed by atoms with Crippen LogP contribution in [0.1, 0.15) is 5.56 Å². The van der Waals surface area contributed by atoms with Gasteiger partial charge in [-0.15, -0.1) is 0 Å². The van der Waals surface area contributed by atoms with Crippen LogP contribution in [0.25, 0.3) is 0 Å². The van der Waals surface area contributed by atoms with Gasteiger partial charge in [-0.25, -0.2) is 0 Å². The van der Waals surface area contributed by atoms with Crippen LogP contribution in [-0.2, 0) is 15.8 Å². The number of rotatable bonds is 3. The highest BCUT2D eigenvalue weighted by Gasteiger charge is 2.12. The van der Waals surface area contributed by atoms with Crippen LogP contribution in [0.3, 0.4) is 0 Å². The van der Waals surface area contributed by atoms with Crippen molar-refractivity contribution in [3.8, 4) is 0 Å². The van der Waals surface area contributed by atoms with Gasteiger partial charge in [-0.3, -0.25) is 9.59 Å². The molecule has 0 heterocycles. The summed E-state index contributed by atoms with van der Waals surface area (Å²) in [4.78, 5) is 22.6. The lowest BCUT2D eigenvalue weighted by Crippen LogP contribution is -2.04. The Balaban J connectivity index is 2.01. The number of ketones is 2. The van der Waals surface area contributed by atoms with Gasteiger partial charge in [0.1, 0.15) is 0 Å². The smallest absolute Gasteiger partial charge is 0.186 e. The molecule has 1 aliphatic carbocycles. The Kier molecular flexibility index (Phi) is 3.43. The Morgan fingerprint density at radius 1 is 1.00 bits per heavy atom. The first-order valence-electron chi connectivity index (χ1n) is 5.01. The molecule has 0 saturated carbocycles. The third-order valence-corrected chi connectivity index (χ3v) is 3.63. The van der Waals surface area contributed by atoms with Crippen LogP contribution in [0.5, 0.6) is 0 Å². The molecule has 1 aromatic carbocycles. The molecule has 0 N–H and O–H groups in total. The van der Waals surface area contributed by atoms with Crippen molar-refractivity contribution in [3.05, 3.63) is 59.4 Å². The molecule has 1 aromatic rings. The Hall–Kier alpha value is -1.53. The molecule has 0 saturated heterocycles. The normalized spacial score (nSPS) is 15.9. The monoisotopic (exact) mass is 230 g/mol. The molecule has 1 unspecified atom stereocenters. The summed E-state index contributed by atoms with van der Waals surface area (Å²) in [6.45, 7) is 0. The summed E-state index contributed by atoms with van der Waals surface area (Å²) in [5, 5.41) is 0.636. The van der Waals surface area contributed by atoms with E-state index in [2.05, 4.69) is 0 Å². The highest BCUT2D eigenvalue weighted by molar-refractivity contribution is 7.44. The second-order valence-electron chi connectivity index (χ2n) is 3.50. The second kappa shape index (κ2) is 5.00. The van der Waals surface area contributed by atoms with E-state index in [0.29, 0.717) is 13.9 Å². The van der Waals surface area contributed by atoms with E-state index in [1.807, 2.05) is 30.3 Å². The van der Waals surface area contributed by atoms with E-state index >= 15 is 0 Å². The van der Waals surface area contributed by atoms with E-state index in [9.17, 15) is 9.59 Å². The van der Waals surface area contributed by atoms with Gasteiger partial charge in [-0.2, -0.15) is 0 Å². The molecule has 0 radical (unpaired) electrons. The number of benzene rings is 1. The van der Waals surface area contributed by atoms with Gasteiger partial charge in [0.15, 0.2) is 11.6 Å². The topological polar surface area (TPSA) is 34.1 Å². The first-order chi connectivity index (χ1) is 7.75. The maximum Gasteiger partial charge on any atom is 0.186 e. The lowest BCUT2D eigenvalue weighted by atomic mass is 10.2. The van der Waals surface area contributed by atoms with Gasteiger partial charge in [-0.05, 0) is 30.0 Å². The zero-order chi connectivity index (χ0) is 11.4. The van der Waals surface area contributed by atoms with Crippen LogP contribution in [0.2, 0.25) is 0 Å². The molecule has 16 heavy (non-hydrogen) atoms. The molecule has 2 nitrogen and oxygen atoms in total. The molecular weight excluding hydrogens is 219 g/mol. The van der Waals surface area contributed by atoms with Crippen LogP contribution >= 0.6 is 8.58 Å². The molecule has 2 rings (SSSR count). The third kappa shape index (κ3) is 2.74. The van der Waals surface area contributed by atoms with Crippen molar-refractivity contribution in [1.29, 1.82) is 0 Å². The number of hydrogen-bond donors (Lipinski definition) is 0. The summed E-state index contributed by atoms with van der Waals surface area (Å²) < 4.78 is 0. The zero-order valence-corrected chi connectivity index (χ0v) is 9.64. The highest BCUT2D eigenvalue weighted by atomic mass is 31.1. The Bertz CT molecular complexity index is 472. The summed E-state index contributed by atoms with van der Waals surface area (Å²) in [6, 6.07) is 9.96. The second-order valence-corrected chi connectivity index (χ2v) is 4.74. The minimum absolute atomic E-state index is 0.0335. The van der Waals surface area contributed by atoms with Gasteiger partial charge >= 0.3 is 0 Å². The first kappa shape index (κ1) is 11.0. The van der Waals surface area contributed by atoms with Gasteiger partial charge in [0, 0.05) is 5.31 Å². The fraction of sp³-hybridized carbons (Fsp3) is 0.0769. The summed E-state index contributed by atoms with van der Waals surface area (Å²) in [5.74, 6) is -0.121. The average molecular weight is 230 g/mol. The minimum Gasteiger partial charge on any atom is -0.290 e. The summed E-state index contributed by atoms with van der Waals surface area (Å²) in [5.41, 5.74) is 1.19. The lowest BCUT2D eigenvalue weighted by molar-refractivity contribution is -0.114. The zero-order valence-electron chi connectivity index (χ0n) is 8.64.